The molecular formula is C18H19N3O8. The van der Waals surface area contributed by atoms with Crippen LogP contribution in [0.5, 0.6) is 11.5 Å². The number of aromatic nitrogens is 1. The van der Waals surface area contributed by atoms with E-state index in [0.29, 0.717) is 0 Å². The van der Waals surface area contributed by atoms with Gasteiger partial charge in [0, 0.05) is 12.5 Å². The van der Waals surface area contributed by atoms with Crippen LogP contribution in [0.2, 0.25) is 0 Å². The highest BCUT2D eigenvalue weighted by Gasteiger charge is 2.27. The van der Waals surface area contributed by atoms with Gasteiger partial charge in [-0.25, -0.2) is 9.59 Å². The predicted octanol–water partition coefficient (Wildman–Crippen LogP) is 0.544. The van der Waals surface area contributed by atoms with Gasteiger partial charge in [-0.3, -0.25) is 9.59 Å². The van der Waals surface area contributed by atoms with Crippen LogP contribution in [0.15, 0.2) is 23.0 Å². The molecule has 1 aromatic carbocycles. The number of ether oxygens (including phenoxy) is 2. The van der Waals surface area contributed by atoms with Crippen molar-refractivity contribution >= 4 is 23.7 Å². The summed E-state index contributed by atoms with van der Waals surface area (Å²) in [6.45, 7) is 1.74. The van der Waals surface area contributed by atoms with E-state index >= 15 is 0 Å². The van der Waals surface area contributed by atoms with Crippen LogP contribution >= 0.6 is 0 Å². The number of hydrogen-bond donors (Lipinski definition) is 5. The third kappa shape index (κ3) is 4.64. The highest BCUT2D eigenvalue weighted by molar-refractivity contribution is 6.07. The molecule has 0 saturated carbocycles. The van der Waals surface area contributed by atoms with E-state index in [9.17, 15) is 29.4 Å². The molecule has 154 valence electrons. The molecule has 0 aliphatic carbocycles. The van der Waals surface area contributed by atoms with Gasteiger partial charge in [-0.1, -0.05) is 6.07 Å². The van der Waals surface area contributed by atoms with Gasteiger partial charge in [0.15, 0.2) is 11.5 Å². The molecule has 0 saturated heterocycles. The molecule has 0 unspecified atom stereocenters. The molecule has 0 aliphatic rings. The van der Waals surface area contributed by atoms with Gasteiger partial charge >= 0.3 is 11.9 Å². The Hall–Kier alpha value is -4.02. The van der Waals surface area contributed by atoms with Crippen LogP contribution in [-0.4, -0.2) is 53.3 Å². The average Bonchev–Trinajstić information content (AvgIpc) is 2.63. The minimum atomic E-state index is -1.61. The Kier molecular flexibility index (Phi) is 6.44. The standard InChI is InChI=1S/C18H19N3O8/c1-8(22)20-5-6-29-10-4-3-9(7-11(10)28-2)12-13(17(24)25)15(19)21-16(23)14(12)18(26)27/h3-4,7H,5-6H2,1-2H3,(H,20,22)(H,24,25)(H,26,27)(H3,19,21,23). The lowest BCUT2D eigenvalue weighted by molar-refractivity contribution is -0.119. The maximum Gasteiger partial charge on any atom is 0.342 e. The fourth-order valence-corrected chi connectivity index (χ4v) is 2.67. The molecule has 0 radical (unpaired) electrons. The molecule has 1 heterocycles. The number of aromatic carboxylic acids is 2. The van der Waals surface area contributed by atoms with Crippen molar-refractivity contribution in [3.8, 4) is 22.6 Å². The first-order valence-corrected chi connectivity index (χ1v) is 8.25. The van der Waals surface area contributed by atoms with Gasteiger partial charge in [-0.15, -0.1) is 0 Å². The van der Waals surface area contributed by atoms with Gasteiger partial charge in [0.2, 0.25) is 5.91 Å². The normalized spacial score (nSPS) is 10.3. The number of nitrogen functional groups attached to an aromatic ring is 1. The molecule has 0 bridgehead atoms. The van der Waals surface area contributed by atoms with Crippen molar-refractivity contribution in [2.24, 2.45) is 0 Å². The van der Waals surface area contributed by atoms with Gasteiger partial charge in [-0.05, 0) is 17.7 Å². The number of hydrogen-bond acceptors (Lipinski definition) is 7. The largest absolute Gasteiger partial charge is 0.493 e. The van der Waals surface area contributed by atoms with Crippen LogP contribution in [0.4, 0.5) is 5.82 Å². The number of pyridine rings is 1. The Balaban J connectivity index is 2.57. The summed E-state index contributed by atoms with van der Waals surface area (Å²) in [5.74, 6) is -3.38. The van der Waals surface area contributed by atoms with Crippen molar-refractivity contribution in [1.29, 1.82) is 0 Å². The van der Waals surface area contributed by atoms with Crippen molar-refractivity contribution in [1.82, 2.24) is 10.3 Å². The highest BCUT2D eigenvalue weighted by atomic mass is 16.5. The minimum absolute atomic E-state index is 0.0867. The third-order valence-electron chi connectivity index (χ3n) is 3.86. The van der Waals surface area contributed by atoms with Gasteiger partial charge in [0.1, 0.15) is 23.6 Å². The molecule has 0 spiro atoms. The molecule has 6 N–H and O–H groups in total. The number of nitrogens with one attached hydrogen (secondary N) is 2. The number of amides is 1. The number of rotatable bonds is 8. The fourth-order valence-electron chi connectivity index (χ4n) is 2.67. The maximum absolute atomic E-state index is 12.1. The first-order chi connectivity index (χ1) is 13.7. The summed E-state index contributed by atoms with van der Waals surface area (Å²) in [6, 6.07) is 4.14. The number of methoxy groups -OCH3 is 1. The first-order valence-electron chi connectivity index (χ1n) is 8.25. The summed E-state index contributed by atoms with van der Waals surface area (Å²) in [5.41, 5.74) is 2.99. The molecule has 0 aliphatic heterocycles. The summed E-state index contributed by atoms with van der Waals surface area (Å²) < 4.78 is 10.7. The molecule has 2 aromatic rings. The molecule has 1 aromatic heterocycles. The maximum atomic E-state index is 12.1. The van der Waals surface area contributed by atoms with Gasteiger partial charge < -0.3 is 35.7 Å². The zero-order chi connectivity index (χ0) is 21.7. The highest BCUT2D eigenvalue weighted by Crippen LogP contribution is 2.36. The number of carboxylic acids is 2. The number of H-pyrrole nitrogens is 1. The average molecular weight is 405 g/mol. The van der Waals surface area contributed by atoms with Gasteiger partial charge in [-0.2, -0.15) is 0 Å². The van der Waals surface area contributed by atoms with E-state index in [1.807, 2.05) is 4.98 Å². The lowest BCUT2D eigenvalue weighted by Crippen LogP contribution is -2.25. The molecule has 1 amide bonds. The summed E-state index contributed by atoms with van der Waals surface area (Å²) >= 11 is 0. The van der Waals surface area contributed by atoms with Crippen LogP contribution in [0.25, 0.3) is 11.1 Å². The zero-order valence-electron chi connectivity index (χ0n) is 15.6. The first kappa shape index (κ1) is 21.3. The van der Waals surface area contributed by atoms with E-state index in [-0.39, 0.29) is 41.7 Å². The summed E-state index contributed by atoms with van der Waals surface area (Å²) in [4.78, 5) is 48.3. The van der Waals surface area contributed by atoms with Crippen molar-refractivity contribution in [3.05, 3.63) is 39.7 Å². The zero-order valence-corrected chi connectivity index (χ0v) is 15.6. The van der Waals surface area contributed by atoms with E-state index in [4.69, 9.17) is 15.2 Å². The number of aromatic amines is 1. The number of carbonyl (C=O) groups excluding carboxylic acids is 1. The Morgan fingerprint density at radius 1 is 1.14 bits per heavy atom. The van der Waals surface area contributed by atoms with Crippen LogP contribution in [-0.2, 0) is 4.79 Å². The van der Waals surface area contributed by atoms with Crippen molar-refractivity contribution in [2.45, 2.75) is 6.92 Å². The van der Waals surface area contributed by atoms with E-state index in [1.54, 1.807) is 0 Å². The van der Waals surface area contributed by atoms with E-state index in [0.717, 1.165) is 0 Å². The number of anilines is 1. The van der Waals surface area contributed by atoms with Crippen molar-refractivity contribution in [3.63, 3.8) is 0 Å². The van der Waals surface area contributed by atoms with Gasteiger partial charge in [0.25, 0.3) is 5.56 Å². The Labute approximate surface area is 164 Å². The molecular weight excluding hydrogens is 386 g/mol. The minimum Gasteiger partial charge on any atom is -0.493 e. The van der Waals surface area contributed by atoms with Crippen LogP contribution in [0.1, 0.15) is 27.6 Å². The van der Waals surface area contributed by atoms with Gasteiger partial charge in [0.05, 0.1) is 13.7 Å². The molecule has 0 atom stereocenters. The van der Waals surface area contributed by atoms with Crippen molar-refractivity contribution in [2.75, 3.05) is 26.0 Å². The molecule has 29 heavy (non-hydrogen) atoms. The van der Waals surface area contributed by atoms with Crippen molar-refractivity contribution < 1.29 is 34.1 Å². The number of carbonyl (C=O) groups is 3. The summed E-state index contributed by atoms with van der Waals surface area (Å²) in [7, 11) is 1.34. The predicted molar refractivity (Wildman–Crippen MR) is 102 cm³/mol. The Morgan fingerprint density at radius 2 is 1.79 bits per heavy atom. The molecule has 0 fully saturated rings. The SMILES string of the molecule is COc1cc(-c2c(C(=O)O)c(N)[nH]c(=O)c2C(=O)O)ccc1OCCNC(C)=O. The second-order valence-corrected chi connectivity index (χ2v) is 5.80. The summed E-state index contributed by atoms with van der Waals surface area (Å²) in [6.07, 6.45) is 0. The quantitative estimate of drug-likeness (QED) is 0.392. The second kappa shape index (κ2) is 8.78. The smallest absolute Gasteiger partial charge is 0.342 e. The topological polar surface area (TPSA) is 181 Å². The fraction of sp³-hybridized carbons (Fsp3) is 0.222. The van der Waals surface area contributed by atoms with Crippen LogP contribution in [0.3, 0.4) is 0 Å². The van der Waals surface area contributed by atoms with Crippen LogP contribution < -0.4 is 26.1 Å². The molecule has 2 rings (SSSR count). The lowest BCUT2D eigenvalue weighted by Gasteiger charge is -2.15. The third-order valence-corrected chi connectivity index (χ3v) is 3.86. The molecule has 11 nitrogen and oxygen atoms in total. The molecule has 11 heteroatoms. The number of carboxylic acid groups (broad SMARTS) is 2. The summed E-state index contributed by atoms with van der Waals surface area (Å²) in [5, 5.41) is 21.5. The Morgan fingerprint density at radius 3 is 2.34 bits per heavy atom. The van der Waals surface area contributed by atoms with E-state index in [1.165, 1.54) is 32.2 Å². The monoisotopic (exact) mass is 405 g/mol. The van der Waals surface area contributed by atoms with E-state index in [2.05, 4.69) is 5.32 Å². The van der Waals surface area contributed by atoms with Crippen LogP contribution in [0, 0.1) is 0 Å². The lowest BCUT2D eigenvalue weighted by atomic mass is 9.95. The Bertz CT molecular complexity index is 1030. The number of nitrogens with two attached hydrogens (primary N) is 1. The number of benzene rings is 1. The second-order valence-electron chi connectivity index (χ2n) is 5.80. The van der Waals surface area contributed by atoms with E-state index < -0.39 is 34.4 Å².